The molecule has 0 aliphatic carbocycles. The molecule has 1 aliphatic heterocycles. The average Bonchev–Trinajstić information content (AvgIpc) is 3.07. The molecular formula is C22H27Cl3N4O5. The fraction of sp³-hybridized carbons (Fsp3) is 0.409. The maximum absolute atomic E-state index is 12.8. The van der Waals surface area contributed by atoms with Crippen molar-refractivity contribution in [3.8, 4) is 5.75 Å². The lowest BCUT2D eigenvalue weighted by molar-refractivity contribution is -0.142. The normalized spacial score (nSPS) is 14.5. The molecule has 0 spiro atoms. The summed E-state index contributed by atoms with van der Waals surface area (Å²) in [5, 5.41) is 9.01. The Morgan fingerprint density at radius 2 is 1.79 bits per heavy atom. The first kappa shape index (κ1) is 27.8. The number of benzene rings is 1. The minimum atomic E-state index is -0.821. The van der Waals surface area contributed by atoms with Gasteiger partial charge in [0.15, 0.2) is 0 Å². The lowest BCUT2D eigenvalue weighted by atomic mass is 10.1. The number of methoxy groups -OCH3 is 1. The van der Waals surface area contributed by atoms with Gasteiger partial charge < -0.3 is 30.4 Å². The molecule has 34 heavy (non-hydrogen) atoms. The van der Waals surface area contributed by atoms with E-state index >= 15 is 0 Å². The Bertz CT molecular complexity index is 1050. The number of nitrogens with one attached hydrogen (secondary N) is 4. The first-order valence-corrected chi connectivity index (χ1v) is 11.2. The summed E-state index contributed by atoms with van der Waals surface area (Å²) < 4.78 is 10.8. The van der Waals surface area contributed by atoms with Crippen LogP contribution in [-0.2, 0) is 9.53 Å². The third-order valence-electron chi connectivity index (χ3n) is 5.26. The number of halogens is 3. The highest BCUT2D eigenvalue weighted by Gasteiger charge is 2.23. The van der Waals surface area contributed by atoms with Crippen molar-refractivity contribution in [3.63, 3.8) is 0 Å². The van der Waals surface area contributed by atoms with Crippen LogP contribution in [0.4, 0.5) is 5.69 Å². The summed E-state index contributed by atoms with van der Waals surface area (Å²) in [4.78, 5) is 40.0. The fourth-order valence-electron chi connectivity index (χ4n) is 3.39. The van der Waals surface area contributed by atoms with Crippen LogP contribution in [-0.4, -0.2) is 55.1 Å². The van der Waals surface area contributed by atoms with Gasteiger partial charge in [0.05, 0.1) is 22.8 Å². The van der Waals surface area contributed by atoms with Gasteiger partial charge in [-0.3, -0.25) is 9.59 Å². The summed E-state index contributed by atoms with van der Waals surface area (Å²) in [6.07, 6.45) is 1.47. The smallest absolute Gasteiger partial charge is 0.328 e. The first-order chi connectivity index (χ1) is 15.7. The standard InChI is InChI=1S/C22H26Cl2N4O5.ClH/c1-11-17(23)18(24)19(26-11)21(30)28-15-5-4-13(20(29)27-12(2)22(31)32-3)10-16(15)33-14-6-8-25-9-7-14;/h4-5,10,12,14,25-26H,6-9H2,1-3H3,(H,27,29)(H,28,30);1H/t12-;/m0./s1. The van der Waals surface area contributed by atoms with E-state index in [0.29, 0.717) is 17.1 Å². The van der Waals surface area contributed by atoms with Crippen LogP contribution < -0.4 is 20.7 Å². The number of amides is 2. The molecule has 9 nitrogen and oxygen atoms in total. The Kier molecular flexibility index (Phi) is 10.1. The second kappa shape index (κ2) is 12.3. The maximum Gasteiger partial charge on any atom is 0.328 e. The number of ether oxygens (including phenoxy) is 2. The summed E-state index contributed by atoms with van der Waals surface area (Å²) in [6.45, 7) is 4.84. The van der Waals surface area contributed by atoms with Crippen LogP contribution >= 0.6 is 35.6 Å². The molecule has 2 aromatic rings. The molecule has 1 aliphatic rings. The molecule has 0 unspecified atom stereocenters. The third-order valence-corrected chi connectivity index (χ3v) is 6.20. The van der Waals surface area contributed by atoms with E-state index in [0.717, 1.165) is 25.9 Å². The second-order valence-electron chi connectivity index (χ2n) is 7.70. The number of rotatable bonds is 7. The molecule has 1 aromatic heterocycles. The van der Waals surface area contributed by atoms with Gasteiger partial charge >= 0.3 is 5.97 Å². The molecule has 4 N–H and O–H groups in total. The number of carbonyl (C=O) groups excluding carboxylic acids is 3. The highest BCUT2D eigenvalue weighted by Crippen LogP contribution is 2.32. The van der Waals surface area contributed by atoms with Gasteiger partial charge in [0.25, 0.3) is 11.8 Å². The lowest BCUT2D eigenvalue weighted by Gasteiger charge is -2.25. The summed E-state index contributed by atoms with van der Waals surface area (Å²) in [5.41, 5.74) is 1.34. The number of piperidine rings is 1. The summed E-state index contributed by atoms with van der Waals surface area (Å²) in [5.74, 6) is -1.20. The van der Waals surface area contributed by atoms with E-state index in [1.807, 2.05) is 0 Å². The van der Waals surface area contributed by atoms with E-state index in [1.165, 1.54) is 26.2 Å². The molecule has 1 aromatic carbocycles. The minimum Gasteiger partial charge on any atom is -0.488 e. The highest BCUT2D eigenvalue weighted by molar-refractivity contribution is 6.44. The Balaban J connectivity index is 0.00000408. The lowest BCUT2D eigenvalue weighted by Crippen LogP contribution is -2.39. The number of hydrogen-bond donors (Lipinski definition) is 4. The van der Waals surface area contributed by atoms with Crippen molar-refractivity contribution in [2.45, 2.75) is 38.8 Å². The zero-order valence-corrected chi connectivity index (χ0v) is 21.2. The van der Waals surface area contributed by atoms with Gasteiger partial charge in [0.2, 0.25) is 0 Å². The zero-order valence-electron chi connectivity index (χ0n) is 18.9. The van der Waals surface area contributed by atoms with Crippen LogP contribution in [0.25, 0.3) is 0 Å². The molecule has 186 valence electrons. The number of aromatic amines is 1. The van der Waals surface area contributed by atoms with Gasteiger partial charge in [0.1, 0.15) is 23.6 Å². The number of carbonyl (C=O) groups is 3. The van der Waals surface area contributed by atoms with Crippen LogP contribution in [0.5, 0.6) is 5.75 Å². The quantitative estimate of drug-likeness (QED) is 0.403. The monoisotopic (exact) mass is 532 g/mol. The molecular weight excluding hydrogens is 507 g/mol. The Morgan fingerprint density at radius 3 is 2.38 bits per heavy atom. The number of H-pyrrole nitrogens is 1. The van der Waals surface area contributed by atoms with E-state index in [-0.39, 0.29) is 39.8 Å². The van der Waals surface area contributed by atoms with Gasteiger partial charge in [-0.25, -0.2) is 4.79 Å². The number of hydrogen-bond acceptors (Lipinski definition) is 6. The molecule has 2 heterocycles. The summed E-state index contributed by atoms with van der Waals surface area (Å²) >= 11 is 12.3. The Morgan fingerprint density at radius 1 is 1.12 bits per heavy atom. The van der Waals surface area contributed by atoms with Crippen molar-refractivity contribution in [1.82, 2.24) is 15.6 Å². The second-order valence-corrected chi connectivity index (χ2v) is 8.46. The van der Waals surface area contributed by atoms with Crippen molar-refractivity contribution >= 4 is 59.1 Å². The summed E-state index contributed by atoms with van der Waals surface area (Å²) in [7, 11) is 1.25. The van der Waals surface area contributed by atoms with Crippen LogP contribution in [0.1, 0.15) is 46.3 Å². The van der Waals surface area contributed by atoms with Gasteiger partial charge in [0, 0.05) is 11.3 Å². The molecule has 3 rings (SSSR count). The van der Waals surface area contributed by atoms with E-state index < -0.39 is 23.8 Å². The van der Waals surface area contributed by atoms with Crippen LogP contribution in [0.3, 0.4) is 0 Å². The molecule has 2 amide bonds. The van der Waals surface area contributed by atoms with Crippen molar-refractivity contribution in [1.29, 1.82) is 0 Å². The molecule has 1 fully saturated rings. The number of anilines is 1. The van der Waals surface area contributed by atoms with Gasteiger partial charge in [-0.2, -0.15) is 0 Å². The van der Waals surface area contributed by atoms with E-state index in [1.54, 1.807) is 13.0 Å². The van der Waals surface area contributed by atoms with Gasteiger partial charge in [-0.05, 0) is 58.0 Å². The van der Waals surface area contributed by atoms with Crippen molar-refractivity contribution in [2.24, 2.45) is 0 Å². The predicted molar refractivity (Wildman–Crippen MR) is 133 cm³/mol. The van der Waals surface area contributed by atoms with E-state index in [2.05, 4.69) is 25.7 Å². The minimum absolute atomic E-state index is 0. The SMILES string of the molecule is COC(=O)[C@H](C)NC(=O)c1ccc(NC(=O)c2[nH]c(C)c(Cl)c2Cl)c(OC2CCNCC2)c1.Cl. The molecule has 1 atom stereocenters. The maximum atomic E-state index is 12.8. The Hall–Kier alpha value is -2.46. The third kappa shape index (κ3) is 6.56. The molecule has 12 heteroatoms. The van der Waals surface area contributed by atoms with Gasteiger partial charge in [-0.1, -0.05) is 23.2 Å². The van der Waals surface area contributed by atoms with Crippen molar-refractivity contribution in [3.05, 3.63) is 45.2 Å². The van der Waals surface area contributed by atoms with Crippen LogP contribution in [0.2, 0.25) is 10.0 Å². The molecule has 0 bridgehead atoms. The average molecular weight is 534 g/mol. The fourth-order valence-corrected chi connectivity index (χ4v) is 3.80. The highest BCUT2D eigenvalue weighted by atomic mass is 35.5. The van der Waals surface area contributed by atoms with Crippen LogP contribution in [0.15, 0.2) is 18.2 Å². The number of aryl methyl sites for hydroxylation is 1. The first-order valence-electron chi connectivity index (χ1n) is 10.5. The van der Waals surface area contributed by atoms with E-state index in [9.17, 15) is 14.4 Å². The van der Waals surface area contributed by atoms with Crippen molar-refractivity contribution in [2.75, 3.05) is 25.5 Å². The predicted octanol–water partition coefficient (Wildman–Crippen LogP) is 3.73. The number of aromatic nitrogens is 1. The Labute approximate surface area is 213 Å². The topological polar surface area (TPSA) is 122 Å². The summed E-state index contributed by atoms with van der Waals surface area (Å²) in [6, 6.07) is 3.81. The van der Waals surface area contributed by atoms with Crippen molar-refractivity contribution < 1.29 is 23.9 Å². The zero-order chi connectivity index (χ0) is 24.1. The van der Waals surface area contributed by atoms with Crippen LogP contribution in [0, 0.1) is 6.92 Å². The van der Waals surface area contributed by atoms with Gasteiger partial charge in [-0.15, -0.1) is 12.4 Å². The van der Waals surface area contributed by atoms with E-state index in [4.69, 9.17) is 27.9 Å². The number of esters is 1. The molecule has 0 saturated carbocycles. The molecule has 1 saturated heterocycles. The largest absolute Gasteiger partial charge is 0.488 e. The molecule has 0 radical (unpaired) electrons.